The molecule has 1 heterocycles. The lowest BCUT2D eigenvalue weighted by Gasteiger charge is -2.18. The molecule has 0 aliphatic heterocycles. The van der Waals surface area contributed by atoms with Crippen LogP contribution in [0.5, 0.6) is 5.75 Å². The molecule has 96 valence electrons. The number of hydrogen-bond donors (Lipinski definition) is 0. The average molecular weight is 253 g/mol. The molecule has 0 bridgehead atoms. The summed E-state index contributed by atoms with van der Waals surface area (Å²) in [6.45, 7) is 0.707. The number of nitrogens with zero attached hydrogens (tertiary/aromatic N) is 3. The van der Waals surface area contributed by atoms with Gasteiger partial charge in [-0.3, -0.25) is 0 Å². The first-order valence-electron chi connectivity index (χ1n) is 5.94. The number of ether oxygens (including phenoxy) is 1. The first-order valence-corrected chi connectivity index (χ1v) is 5.94. The van der Waals surface area contributed by atoms with E-state index < -0.39 is 0 Å². The normalized spacial score (nSPS) is 9.74. The summed E-state index contributed by atoms with van der Waals surface area (Å²) in [4.78, 5) is 6.26. The zero-order valence-electron chi connectivity index (χ0n) is 11.0. The van der Waals surface area contributed by atoms with Crippen LogP contribution in [-0.4, -0.2) is 19.1 Å². The van der Waals surface area contributed by atoms with E-state index >= 15 is 0 Å². The number of benzene rings is 1. The Bertz CT molecular complexity index is 604. The van der Waals surface area contributed by atoms with Crippen LogP contribution in [-0.2, 0) is 6.54 Å². The molecule has 0 saturated carbocycles. The summed E-state index contributed by atoms with van der Waals surface area (Å²) < 4.78 is 5.20. The van der Waals surface area contributed by atoms with Crippen LogP contribution in [0.2, 0.25) is 0 Å². The summed E-state index contributed by atoms with van der Waals surface area (Å²) in [7, 11) is 3.60. The molecule has 19 heavy (non-hydrogen) atoms. The molecule has 1 aromatic carbocycles. The van der Waals surface area contributed by atoms with E-state index in [0.717, 1.165) is 17.1 Å². The summed E-state index contributed by atoms with van der Waals surface area (Å²) in [5, 5.41) is 8.85. The number of rotatable bonds is 4. The topological polar surface area (TPSA) is 49.1 Å². The Hall–Kier alpha value is -2.54. The number of nitriles is 1. The van der Waals surface area contributed by atoms with Crippen LogP contribution >= 0.6 is 0 Å². The summed E-state index contributed by atoms with van der Waals surface area (Å²) in [6, 6.07) is 15.4. The van der Waals surface area contributed by atoms with Gasteiger partial charge in [0.1, 0.15) is 23.3 Å². The minimum absolute atomic E-state index is 0.426. The van der Waals surface area contributed by atoms with Gasteiger partial charge in [-0.1, -0.05) is 18.2 Å². The zero-order valence-corrected chi connectivity index (χ0v) is 11.0. The molecule has 0 unspecified atom stereocenters. The molecule has 0 amide bonds. The van der Waals surface area contributed by atoms with Gasteiger partial charge in [-0.25, -0.2) is 4.98 Å². The molecule has 2 aromatic rings. The van der Waals surface area contributed by atoms with Crippen molar-refractivity contribution in [3.05, 3.63) is 53.7 Å². The summed E-state index contributed by atoms with van der Waals surface area (Å²) in [5.41, 5.74) is 1.56. The number of pyridine rings is 1. The maximum atomic E-state index is 8.85. The molecule has 2 rings (SSSR count). The largest absolute Gasteiger partial charge is 0.497 e. The Morgan fingerprint density at radius 2 is 2.05 bits per heavy atom. The fraction of sp³-hybridized carbons (Fsp3) is 0.200. The number of aromatic nitrogens is 1. The molecule has 4 heteroatoms. The molecule has 0 atom stereocenters. The van der Waals surface area contributed by atoms with Crippen molar-refractivity contribution >= 4 is 5.82 Å². The predicted molar refractivity (Wildman–Crippen MR) is 74.1 cm³/mol. The highest BCUT2D eigenvalue weighted by Gasteiger charge is 2.05. The Morgan fingerprint density at radius 1 is 1.26 bits per heavy atom. The number of hydrogen-bond acceptors (Lipinski definition) is 4. The summed E-state index contributed by atoms with van der Waals surface area (Å²) in [6.07, 6.45) is 0. The highest BCUT2D eigenvalue weighted by molar-refractivity contribution is 5.42. The molecule has 0 radical (unpaired) electrons. The zero-order chi connectivity index (χ0) is 13.7. The van der Waals surface area contributed by atoms with Gasteiger partial charge in [-0.15, -0.1) is 0 Å². The van der Waals surface area contributed by atoms with Crippen molar-refractivity contribution in [3.63, 3.8) is 0 Å². The van der Waals surface area contributed by atoms with E-state index in [2.05, 4.69) is 4.98 Å². The number of methoxy groups -OCH3 is 1. The minimum atomic E-state index is 0.426. The molecule has 0 saturated heterocycles. The van der Waals surface area contributed by atoms with E-state index in [1.165, 1.54) is 0 Å². The number of anilines is 1. The van der Waals surface area contributed by atoms with Crippen LogP contribution in [0, 0.1) is 11.3 Å². The van der Waals surface area contributed by atoms with Crippen molar-refractivity contribution in [2.45, 2.75) is 6.54 Å². The van der Waals surface area contributed by atoms with Gasteiger partial charge in [-0.05, 0) is 29.8 Å². The Kier molecular flexibility index (Phi) is 3.99. The van der Waals surface area contributed by atoms with Gasteiger partial charge in [0, 0.05) is 13.6 Å². The van der Waals surface area contributed by atoms with Crippen molar-refractivity contribution in [1.29, 1.82) is 5.26 Å². The Morgan fingerprint density at radius 3 is 2.79 bits per heavy atom. The van der Waals surface area contributed by atoms with Gasteiger partial charge >= 0.3 is 0 Å². The van der Waals surface area contributed by atoms with E-state index in [4.69, 9.17) is 10.00 Å². The van der Waals surface area contributed by atoms with Crippen molar-refractivity contribution < 1.29 is 4.74 Å². The van der Waals surface area contributed by atoms with Crippen molar-refractivity contribution in [2.75, 3.05) is 19.1 Å². The van der Waals surface area contributed by atoms with Crippen molar-refractivity contribution in [2.24, 2.45) is 0 Å². The van der Waals surface area contributed by atoms with Crippen LogP contribution in [0.4, 0.5) is 5.82 Å². The maximum absolute atomic E-state index is 8.85. The standard InChI is InChI=1S/C15H15N3O/c1-18(15-8-4-6-13(10-16)17-15)11-12-5-3-7-14(9-12)19-2/h3-9H,11H2,1-2H3. The third kappa shape index (κ3) is 3.23. The molecule has 0 N–H and O–H groups in total. The van der Waals surface area contributed by atoms with Crippen LogP contribution < -0.4 is 9.64 Å². The van der Waals surface area contributed by atoms with Crippen LogP contribution in [0.25, 0.3) is 0 Å². The summed E-state index contributed by atoms with van der Waals surface area (Å²) >= 11 is 0. The van der Waals surface area contributed by atoms with Crippen molar-refractivity contribution in [3.8, 4) is 11.8 Å². The first kappa shape index (κ1) is 12.9. The van der Waals surface area contributed by atoms with Crippen LogP contribution in [0.1, 0.15) is 11.3 Å². The van der Waals surface area contributed by atoms with Gasteiger partial charge in [0.2, 0.25) is 0 Å². The SMILES string of the molecule is COc1cccc(CN(C)c2cccc(C#N)n2)c1. The van der Waals surface area contributed by atoms with Gasteiger partial charge < -0.3 is 9.64 Å². The second kappa shape index (κ2) is 5.87. The molecule has 0 aliphatic rings. The van der Waals surface area contributed by atoms with Gasteiger partial charge in [-0.2, -0.15) is 5.26 Å². The van der Waals surface area contributed by atoms with Gasteiger partial charge in [0.15, 0.2) is 0 Å². The summed E-state index contributed by atoms with van der Waals surface area (Å²) in [5.74, 6) is 1.62. The third-order valence-corrected chi connectivity index (χ3v) is 2.79. The van der Waals surface area contributed by atoms with Gasteiger partial charge in [0.05, 0.1) is 7.11 Å². The average Bonchev–Trinajstić information content (AvgIpc) is 2.47. The monoisotopic (exact) mass is 253 g/mol. The molecule has 0 spiro atoms. The Balaban J connectivity index is 2.15. The highest BCUT2D eigenvalue weighted by atomic mass is 16.5. The highest BCUT2D eigenvalue weighted by Crippen LogP contribution is 2.17. The minimum Gasteiger partial charge on any atom is -0.497 e. The van der Waals surface area contributed by atoms with E-state index in [1.54, 1.807) is 13.2 Å². The molecule has 0 aliphatic carbocycles. The van der Waals surface area contributed by atoms with E-state index in [9.17, 15) is 0 Å². The fourth-order valence-electron chi connectivity index (χ4n) is 1.82. The smallest absolute Gasteiger partial charge is 0.142 e. The molecule has 4 nitrogen and oxygen atoms in total. The van der Waals surface area contributed by atoms with Crippen LogP contribution in [0.3, 0.4) is 0 Å². The second-order valence-corrected chi connectivity index (χ2v) is 4.20. The first-order chi connectivity index (χ1) is 9.22. The lowest BCUT2D eigenvalue weighted by molar-refractivity contribution is 0.414. The maximum Gasteiger partial charge on any atom is 0.142 e. The van der Waals surface area contributed by atoms with Gasteiger partial charge in [0.25, 0.3) is 0 Å². The van der Waals surface area contributed by atoms with Crippen LogP contribution in [0.15, 0.2) is 42.5 Å². The lowest BCUT2D eigenvalue weighted by atomic mass is 10.2. The second-order valence-electron chi connectivity index (χ2n) is 4.20. The van der Waals surface area contributed by atoms with Crippen molar-refractivity contribution in [1.82, 2.24) is 4.98 Å². The molecule has 1 aromatic heterocycles. The molecular formula is C15H15N3O. The fourth-order valence-corrected chi connectivity index (χ4v) is 1.82. The Labute approximate surface area is 112 Å². The molecule has 0 fully saturated rings. The van der Waals surface area contributed by atoms with E-state index in [1.807, 2.05) is 54.4 Å². The van der Waals surface area contributed by atoms with E-state index in [-0.39, 0.29) is 0 Å². The third-order valence-electron chi connectivity index (χ3n) is 2.79. The predicted octanol–water partition coefficient (Wildman–Crippen LogP) is 2.60. The van der Waals surface area contributed by atoms with E-state index in [0.29, 0.717) is 12.2 Å². The quantitative estimate of drug-likeness (QED) is 0.840. The lowest BCUT2D eigenvalue weighted by Crippen LogP contribution is -2.17. The molecular weight excluding hydrogens is 238 g/mol.